The molecule has 0 spiro atoms. The van der Waals surface area contributed by atoms with E-state index in [1.807, 2.05) is 24.3 Å². The Morgan fingerprint density at radius 2 is 1.44 bits per heavy atom. The van der Waals surface area contributed by atoms with Gasteiger partial charge >= 0.3 is 11.9 Å². The molecule has 1 fully saturated rings. The second kappa shape index (κ2) is 8.97. The molecule has 6 heteroatoms. The molecule has 0 saturated heterocycles. The van der Waals surface area contributed by atoms with Crippen LogP contribution >= 0.6 is 0 Å². The van der Waals surface area contributed by atoms with Gasteiger partial charge < -0.3 is 14.6 Å². The molecule has 0 radical (unpaired) electrons. The number of hydrogen-bond donors (Lipinski definition) is 1. The van der Waals surface area contributed by atoms with E-state index in [-0.39, 0.29) is 6.42 Å². The van der Waals surface area contributed by atoms with Crippen LogP contribution in [0.2, 0.25) is 0 Å². The number of aliphatic hydroxyl groups is 1. The molecular weight excluding hydrogens is 408 g/mol. The largest absolute Gasteiger partial charge is 0.460 e. The molecule has 0 unspecified atom stereocenters. The number of carbonyl (C=O) groups excluding carboxylic acids is 3. The van der Waals surface area contributed by atoms with Crippen LogP contribution in [-0.4, -0.2) is 39.6 Å². The van der Waals surface area contributed by atoms with E-state index in [4.69, 9.17) is 9.47 Å². The van der Waals surface area contributed by atoms with E-state index in [0.717, 1.165) is 5.56 Å². The fourth-order valence-corrected chi connectivity index (χ4v) is 4.25. The highest BCUT2D eigenvalue weighted by atomic mass is 16.6. The Labute approximate surface area is 191 Å². The van der Waals surface area contributed by atoms with Gasteiger partial charge in [0.15, 0.2) is 5.78 Å². The highest BCUT2D eigenvalue weighted by Crippen LogP contribution is 2.47. The second-order valence-corrected chi connectivity index (χ2v) is 11.4. The second-order valence-electron chi connectivity index (χ2n) is 11.4. The zero-order valence-corrected chi connectivity index (χ0v) is 20.8. The summed E-state index contributed by atoms with van der Waals surface area (Å²) in [5.74, 6) is -4.70. The van der Waals surface area contributed by atoms with Gasteiger partial charge in [0.2, 0.25) is 0 Å². The van der Waals surface area contributed by atoms with Crippen LogP contribution in [0.5, 0.6) is 0 Å². The van der Waals surface area contributed by atoms with Crippen LogP contribution in [0.15, 0.2) is 24.3 Å². The first-order chi connectivity index (χ1) is 14.4. The highest BCUT2D eigenvalue weighted by molar-refractivity contribution is 6.03. The van der Waals surface area contributed by atoms with Crippen molar-refractivity contribution in [3.63, 3.8) is 0 Å². The van der Waals surface area contributed by atoms with Crippen LogP contribution in [0.1, 0.15) is 91.7 Å². The lowest BCUT2D eigenvalue weighted by Gasteiger charge is -2.44. The van der Waals surface area contributed by atoms with Crippen LogP contribution in [0.4, 0.5) is 0 Å². The van der Waals surface area contributed by atoms with E-state index in [0.29, 0.717) is 11.5 Å². The molecule has 178 valence electrons. The number of ether oxygens (including phenoxy) is 2. The van der Waals surface area contributed by atoms with E-state index in [1.165, 1.54) is 6.92 Å². The molecule has 0 amide bonds. The van der Waals surface area contributed by atoms with Crippen molar-refractivity contribution in [1.29, 1.82) is 0 Å². The fourth-order valence-electron chi connectivity index (χ4n) is 4.25. The number of benzene rings is 1. The molecular formula is C26H38O6. The molecule has 0 heterocycles. The van der Waals surface area contributed by atoms with Gasteiger partial charge in [-0.25, -0.2) is 0 Å². The molecule has 1 saturated carbocycles. The summed E-state index contributed by atoms with van der Waals surface area (Å²) in [6, 6.07) is 7.49. The van der Waals surface area contributed by atoms with Crippen molar-refractivity contribution in [2.75, 3.05) is 0 Å². The van der Waals surface area contributed by atoms with Crippen LogP contribution < -0.4 is 0 Å². The normalized spacial score (nSPS) is 26.7. The molecule has 1 aliphatic rings. The topological polar surface area (TPSA) is 89.9 Å². The predicted molar refractivity (Wildman–Crippen MR) is 122 cm³/mol. The molecule has 0 bridgehead atoms. The van der Waals surface area contributed by atoms with Gasteiger partial charge in [-0.3, -0.25) is 14.4 Å². The third-order valence-corrected chi connectivity index (χ3v) is 5.58. The maximum Gasteiger partial charge on any atom is 0.317 e. The number of carbonyl (C=O) groups is 3. The fraction of sp³-hybridized carbons (Fsp3) is 0.654. The molecule has 1 N–H and O–H groups in total. The number of esters is 2. The van der Waals surface area contributed by atoms with Gasteiger partial charge in [0.25, 0.3) is 0 Å². The molecule has 1 aromatic carbocycles. The van der Waals surface area contributed by atoms with E-state index in [2.05, 4.69) is 13.8 Å². The Balaban J connectivity index is 2.64. The van der Waals surface area contributed by atoms with Gasteiger partial charge in [-0.1, -0.05) is 38.1 Å². The first-order valence-corrected chi connectivity index (χ1v) is 11.2. The third kappa shape index (κ3) is 6.18. The average molecular weight is 447 g/mol. The minimum absolute atomic E-state index is 0.295. The molecule has 2 rings (SSSR count). The summed E-state index contributed by atoms with van der Waals surface area (Å²) in [7, 11) is 0. The smallest absolute Gasteiger partial charge is 0.317 e. The van der Waals surface area contributed by atoms with Crippen molar-refractivity contribution < 1.29 is 29.0 Å². The quantitative estimate of drug-likeness (QED) is 0.540. The lowest BCUT2D eigenvalue weighted by Crippen LogP contribution is -2.56. The summed E-state index contributed by atoms with van der Waals surface area (Å²) in [5.41, 5.74) is -1.55. The van der Waals surface area contributed by atoms with E-state index in [9.17, 15) is 19.5 Å². The lowest BCUT2D eigenvalue weighted by molar-refractivity contribution is -0.182. The molecule has 4 atom stereocenters. The Kier molecular flexibility index (Phi) is 7.30. The Morgan fingerprint density at radius 1 is 0.969 bits per heavy atom. The molecule has 6 nitrogen and oxygen atoms in total. The zero-order valence-electron chi connectivity index (χ0n) is 20.8. The van der Waals surface area contributed by atoms with Crippen molar-refractivity contribution >= 4 is 17.7 Å². The van der Waals surface area contributed by atoms with E-state index in [1.54, 1.807) is 41.5 Å². The van der Waals surface area contributed by atoms with Crippen LogP contribution in [-0.2, 0) is 23.9 Å². The number of hydrogen-bond acceptors (Lipinski definition) is 6. The minimum Gasteiger partial charge on any atom is -0.460 e. The average Bonchev–Trinajstić information content (AvgIpc) is 2.56. The van der Waals surface area contributed by atoms with Crippen LogP contribution in [0.25, 0.3) is 0 Å². The molecule has 1 aliphatic carbocycles. The Hall–Kier alpha value is -2.21. The molecule has 0 aliphatic heterocycles. The van der Waals surface area contributed by atoms with E-state index >= 15 is 0 Å². The summed E-state index contributed by atoms with van der Waals surface area (Å²) in [6.45, 7) is 16.0. The zero-order chi connectivity index (χ0) is 24.6. The van der Waals surface area contributed by atoms with Gasteiger partial charge in [-0.15, -0.1) is 0 Å². The summed E-state index contributed by atoms with van der Waals surface area (Å²) >= 11 is 0. The SMILES string of the molecule is CC(C)c1ccc([C@H]2[C@@H](C(=O)OC(C)(C)C)C(=O)C[C@@](C)(O)[C@@H]2C(=O)OC(C)(C)C)cc1. The van der Waals surface area contributed by atoms with Crippen molar-refractivity contribution in [2.45, 2.75) is 97.4 Å². The van der Waals surface area contributed by atoms with Crippen LogP contribution in [0, 0.1) is 11.8 Å². The predicted octanol–water partition coefficient (Wildman–Crippen LogP) is 4.53. The highest BCUT2D eigenvalue weighted by Gasteiger charge is 2.57. The Bertz CT molecular complexity index is 852. The van der Waals surface area contributed by atoms with E-state index < -0.39 is 52.3 Å². The standard InChI is InChI=1S/C26H38O6/c1-15(2)16-10-12-17(13-11-16)19-20(22(28)31-24(3,4)5)18(27)14-26(9,30)21(19)23(29)32-25(6,7)8/h10-13,15,19-21,30H,14H2,1-9H3/t19-,20-,21-,26+/m0/s1. The number of rotatable bonds is 4. The van der Waals surface area contributed by atoms with Gasteiger partial charge in [-0.05, 0) is 65.5 Å². The summed E-state index contributed by atoms with van der Waals surface area (Å²) in [5, 5.41) is 11.2. The van der Waals surface area contributed by atoms with Crippen molar-refractivity contribution in [1.82, 2.24) is 0 Å². The first kappa shape index (κ1) is 26.0. The monoisotopic (exact) mass is 446 g/mol. The molecule has 1 aromatic rings. The summed E-state index contributed by atoms with van der Waals surface area (Å²) in [6.07, 6.45) is -0.332. The summed E-state index contributed by atoms with van der Waals surface area (Å²) < 4.78 is 11.2. The third-order valence-electron chi connectivity index (χ3n) is 5.58. The van der Waals surface area contributed by atoms with Gasteiger partial charge in [0.1, 0.15) is 17.1 Å². The Morgan fingerprint density at radius 3 is 1.88 bits per heavy atom. The minimum atomic E-state index is -1.67. The molecule has 32 heavy (non-hydrogen) atoms. The van der Waals surface area contributed by atoms with Crippen molar-refractivity contribution in [3.8, 4) is 0 Å². The lowest BCUT2D eigenvalue weighted by atomic mass is 9.61. The summed E-state index contributed by atoms with van der Waals surface area (Å²) in [4.78, 5) is 39.6. The van der Waals surface area contributed by atoms with Gasteiger partial charge in [0.05, 0.1) is 11.5 Å². The van der Waals surface area contributed by atoms with Crippen molar-refractivity contribution in [3.05, 3.63) is 35.4 Å². The number of ketones is 1. The van der Waals surface area contributed by atoms with Crippen LogP contribution in [0.3, 0.4) is 0 Å². The molecule has 0 aromatic heterocycles. The first-order valence-electron chi connectivity index (χ1n) is 11.2. The maximum absolute atomic E-state index is 13.3. The van der Waals surface area contributed by atoms with Gasteiger partial charge in [0, 0.05) is 12.3 Å². The maximum atomic E-state index is 13.3. The van der Waals surface area contributed by atoms with Gasteiger partial charge in [-0.2, -0.15) is 0 Å². The number of Topliss-reactive ketones (excluding diaryl/α,β-unsaturated/α-hetero) is 1. The van der Waals surface area contributed by atoms with Crippen molar-refractivity contribution in [2.24, 2.45) is 11.8 Å².